The summed E-state index contributed by atoms with van der Waals surface area (Å²) in [5.41, 5.74) is 0.791. The van der Waals surface area contributed by atoms with Gasteiger partial charge in [0.05, 0.1) is 16.1 Å². The predicted molar refractivity (Wildman–Crippen MR) is 71.9 cm³/mol. The van der Waals surface area contributed by atoms with Crippen LogP contribution in [0.2, 0.25) is 5.02 Å². The molecule has 0 aliphatic heterocycles. The summed E-state index contributed by atoms with van der Waals surface area (Å²) in [6.07, 6.45) is 0. The Bertz CT molecular complexity index is 759. The minimum absolute atomic E-state index is 0.0429. The Hall–Kier alpha value is -2.14. The second-order valence-corrected chi connectivity index (χ2v) is 4.74. The van der Waals surface area contributed by atoms with Crippen molar-refractivity contribution in [2.75, 3.05) is 0 Å². The fraction of sp³-hybridized carbons (Fsp3) is 0.143. The van der Waals surface area contributed by atoms with Crippen molar-refractivity contribution < 1.29 is 13.2 Å². The molecular weight excluding hydrogens is 283 g/mol. The number of halogens is 2. The first-order valence-corrected chi connectivity index (χ1v) is 6.29. The summed E-state index contributed by atoms with van der Waals surface area (Å²) in [5, 5.41) is 7.99. The van der Waals surface area contributed by atoms with Gasteiger partial charge in [0, 0.05) is 0 Å². The molecule has 2 heterocycles. The molecule has 0 amide bonds. The molecule has 2 aromatic heterocycles. The highest BCUT2D eigenvalue weighted by atomic mass is 35.5. The van der Waals surface area contributed by atoms with E-state index in [1.165, 1.54) is 12.1 Å². The molecule has 0 saturated heterocycles. The molecule has 0 fully saturated rings. The van der Waals surface area contributed by atoms with E-state index in [2.05, 4.69) is 10.2 Å². The molecule has 0 aliphatic rings. The number of benzene rings is 1. The van der Waals surface area contributed by atoms with Crippen LogP contribution in [0.15, 0.2) is 33.1 Å². The van der Waals surface area contributed by atoms with Gasteiger partial charge in [-0.2, -0.15) is 0 Å². The normalized spacial score (nSPS) is 11.0. The van der Waals surface area contributed by atoms with Crippen LogP contribution in [0.25, 0.3) is 22.9 Å². The van der Waals surface area contributed by atoms with Gasteiger partial charge in [0.15, 0.2) is 0 Å². The topological polar surface area (TPSA) is 52.1 Å². The van der Waals surface area contributed by atoms with E-state index in [0.29, 0.717) is 11.3 Å². The molecule has 3 aromatic rings. The first kappa shape index (κ1) is 12.9. The van der Waals surface area contributed by atoms with Crippen molar-refractivity contribution in [2.24, 2.45) is 0 Å². The van der Waals surface area contributed by atoms with Gasteiger partial charge in [0.2, 0.25) is 0 Å². The lowest BCUT2D eigenvalue weighted by atomic mass is 10.2. The molecule has 0 bridgehead atoms. The third kappa shape index (κ3) is 2.10. The molecule has 0 aliphatic carbocycles. The molecule has 20 heavy (non-hydrogen) atoms. The average Bonchev–Trinajstić information content (AvgIpc) is 2.96. The van der Waals surface area contributed by atoms with Crippen LogP contribution in [0.3, 0.4) is 0 Å². The minimum atomic E-state index is -0.507. The summed E-state index contributed by atoms with van der Waals surface area (Å²) >= 11 is 5.97. The van der Waals surface area contributed by atoms with Crippen molar-refractivity contribution in [1.29, 1.82) is 0 Å². The Morgan fingerprint density at radius 3 is 2.50 bits per heavy atom. The highest BCUT2D eigenvalue weighted by molar-refractivity contribution is 6.33. The second-order valence-electron chi connectivity index (χ2n) is 4.34. The van der Waals surface area contributed by atoms with E-state index < -0.39 is 5.82 Å². The van der Waals surface area contributed by atoms with Gasteiger partial charge in [-0.25, -0.2) is 4.39 Å². The Labute approximate surface area is 119 Å². The molecule has 0 spiro atoms. The first-order valence-electron chi connectivity index (χ1n) is 5.91. The first-order chi connectivity index (χ1) is 9.56. The van der Waals surface area contributed by atoms with Gasteiger partial charge in [-0.1, -0.05) is 17.7 Å². The van der Waals surface area contributed by atoms with Crippen LogP contribution in [0.5, 0.6) is 0 Å². The molecule has 0 atom stereocenters. The molecule has 4 nitrogen and oxygen atoms in total. The summed E-state index contributed by atoms with van der Waals surface area (Å²) < 4.78 is 24.7. The fourth-order valence-corrected chi connectivity index (χ4v) is 2.22. The van der Waals surface area contributed by atoms with Crippen molar-refractivity contribution in [1.82, 2.24) is 10.2 Å². The van der Waals surface area contributed by atoms with E-state index in [9.17, 15) is 4.39 Å². The maximum atomic E-state index is 13.8. The number of aromatic nitrogens is 2. The van der Waals surface area contributed by atoms with E-state index >= 15 is 0 Å². The molecule has 0 N–H and O–H groups in total. The van der Waals surface area contributed by atoms with E-state index in [1.807, 2.05) is 6.92 Å². The zero-order chi connectivity index (χ0) is 14.3. The number of hydrogen-bond acceptors (Lipinski definition) is 4. The van der Waals surface area contributed by atoms with Crippen LogP contribution in [0.1, 0.15) is 11.5 Å². The van der Waals surface area contributed by atoms with Crippen molar-refractivity contribution in [3.63, 3.8) is 0 Å². The molecular formula is C14H10ClFN2O2. The maximum Gasteiger partial charge on any atom is 0.252 e. The number of hydrogen-bond donors (Lipinski definition) is 0. The highest BCUT2D eigenvalue weighted by Gasteiger charge is 2.19. The molecule has 1 aromatic carbocycles. The van der Waals surface area contributed by atoms with Crippen LogP contribution < -0.4 is 0 Å². The van der Waals surface area contributed by atoms with Gasteiger partial charge in [-0.3, -0.25) is 0 Å². The summed E-state index contributed by atoms with van der Waals surface area (Å²) in [5.74, 6) is 1.21. The Morgan fingerprint density at radius 2 is 1.85 bits per heavy atom. The number of furan rings is 1. The monoisotopic (exact) mass is 292 g/mol. The Balaban J connectivity index is 2.09. The SMILES string of the molecule is Cc1cc(-c2nnc(-c3c(F)cccc3Cl)o2)c(C)o1. The highest BCUT2D eigenvalue weighted by Crippen LogP contribution is 2.32. The van der Waals surface area contributed by atoms with Crippen LogP contribution in [0.4, 0.5) is 4.39 Å². The van der Waals surface area contributed by atoms with Crippen LogP contribution in [0, 0.1) is 19.7 Å². The zero-order valence-corrected chi connectivity index (χ0v) is 11.5. The summed E-state index contributed by atoms with van der Waals surface area (Å²) in [6, 6.07) is 6.16. The van der Waals surface area contributed by atoms with Gasteiger partial charge in [-0.05, 0) is 32.0 Å². The minimum Gasteiger partial charge on any atom is -0.466 e. The number of nitrogens with zero attached hydrogens (tertiary/aromatic N) is 2. The molecule has 0 saturated carbocycles. The standard InChI is InChI=1S/C14H10ClFN2O2/c1-7-6-9(8(2)19-7)13-17-18-14(20-13)12-10(15)4-3-5-11(12)16/h3-6H,1-2H3. The fourth-order valence-electron chi connectivity index (χ4n) is 1.98. The lowest BCUT2D eigenvalue weighted by Gasteiger charge is -1.99. The van der Waals surface area contributed by atoms with Crippen molar-refractivity contribution in [3.8, 4) is 22.9 Å². The Morgan fingerprint density at radius 1 is 1.10 bits per heavy atom. The van der Waals surface area contributed by atoms with Crippen LogP contribution in [-0.4, -0.2) is 10.2 Å². The lowest BCUT2D eigenvalue weighted by molar-refractivity contribution is 0.503. The third-order valence-electron chi connectivity index (χ3n) is 2.87. The second kappa shape index (κ2) is 4.76. The van der Waals surface area contributed by atoms with Gasteiger partial charge < -0.3 is 8.83 Å². The average molecular weight is 293 g/mol. The molecule has 3 rings (SSSR count). The van der Waals surface area contributed by atoms with Crippen molar-refractivity contribution >= 4 is 11.6 Å². The summed E-state index contributed by atoms with van der Waals surface area (Å²) in [7, 11) is 0. The lowest BCUT2D eigenvalue weighted by Crippen LogP contribution is -1.85. The molecule has 6 heteroatoms. The third-order valence-corrected chi connectivity index (χ3v) is 3.19. The quantitative estimate of drug-likeness (QED) is 0.702. The summed E-state index contributed by atoms with van der Waals surface area (Å²) in [6.45, 7) is 3.61. The largest absolute Gasteiger partial charge is 0.466 e. The number of aryl methyl sites for hydroxylation is 2. The molecule has 102 valence electrons. The van der Waals surface area contributed by atoms with E-state index in [1.54, 1.807) is 19.1 Å². The Kier molecular flexibility index (Phi) is 3.06. The van der Waals surface area contributed by atoms with Crippen molar-refractivity contribution in [3.05, 3.63) is 46.6 Å². The van der Waals surface area contributed by atoms with Gasteiger partial charge in [-0.15, -0.1) is 10.2 Å². The smallest absolute Gasteiger partial charge is 0.252 e. The zero-order valence-electron chi connectivity index (χ0n) is 10.8. The van der Waals surface area contributed by atoms with Crippen LogP contribution in [-0.2, 0) is 0 Å². The predicted octanol–water partition coefficient (Wildman–Crippen LogP) is 4.41. The summed E-state index contributed by atoms with van der Waals surface area (Å²) in [4.78, 5) is 0. The van der Waals surface area contributed by atoms with E-state index in [4.69, 9.17) is 20.4 Å². The molecule has 0 unspecified atom stereocenters. The van der Waals surface area contributed by atoms with E-state index in [0.717, 1.165) is 5.76 Å². The van der Waals surface area contributed by atoms with Gasteiger partial charge in [0.25, 0.3) is 11.8 Å². The van der Waals surface area contributed by atoms with E-state index in [-0.39, 0.29) is 22.4 Å². The maximum absolute atomic E-state index is 13.8. The van der Waals surface area contributed by atoms with Crippen LogP contribution >= 0.6 is 11.6 Å². The van der Waals surface area contributed by atoms with Crippen molar-refractivity contribution in [2.45, 2.75) is 13.8 Å². The molecule has 0 radical (unpaired) electrons. The van der Waals surface area contributed by atoms with Gasteiger partial charge >= 0.3 is 0 Å². The number of rotatable bonds is 2. The van der Waals surface area contributed by atoms with Gasteiger partial charge in [0.1, 0.15) is 17.3 Å².